The summed E-state index contributed by atoms with van der Waals surface area (Å²) >= 11 is 0. The van der Waals surface area contributed by atoms with Crippen LogP contribution in [0.1, 0.15) is 112 Å². The molecule has 42 heavy (non-hydrogen) atoms. The van der Waals surface area contributed by atoms with Crippen molar-refractivity contribution >= 4 is 12.6 Å². The summed E-state index contributed by atoms with van der Waals surface area (Å²) in [6.45, 7) is 21.7. The van der Waals surface area contributed by atoms with Crippen LogP contribution in [0.5, 0.6) is 11.5 Å². The second-order valence-electron chi connectivity index (χ2n) is 13.6. The third kappa shape index (κ3) is 9.36. The van der Waals surface area contributed by atoms with Gasteiger partial charge in [-0.3, -0.25) is 9.59 Å². The minimum atomic E-state index is -0.833. The minimum absolute atomic E-state index is 0.0657. The number of rotatable bonds is 15. The SMILES string of the molecule is CC(C)(C)c1cc(C=O)c(O)c(C(C)(C)OCCOCCOCCOC(C)(C)c2cc(C(C)(C)C)cc(C=O)c2O)c1. The number of aldehydes is 2. The van der Waals surface area contributed by atoms with Gasteiger partial charge in [0.15, 0.2) is 12.6 Å². The highest BCUT2D eigenvalue weighted by molar-refractivity contribution is 5.81. The molecule has 0 unspecified atom stereocenters. The van der Waals surface area contributed by atoms with Gasteiger partial charge < -0.3 is 29.2 Å². The number of ether oxygens (including phenoxy) is 4. The number of benzene rings is 2. The molecule has 0 bridgehead atoms. The maximum atomic E-state index is 11.5. The van der Waals surface area contributed by atoms with Crippen molar-refractivity contribution in [2.45, 2.75) is 91.3 Å². The molecule has 2 N–H and O–H groups in total. The van der Waals surface area contributed by atoms with Crippen molar-refractivity contribution < 1.29 is 38.7 Å². The number of hydrogen-bond acceptors (Lipinski definition) is 8. The van der Waals surface area contributed by atoms with Gasteiger partial charge in [0.2, 0.25) is 0 Å². The number of hydrogen-bond donors (Lipinski definition) is 2. The van der Waals surface area contributed by atoms with Gasteiger partial charge in [-0.1, -0.05) is 41.5 Å². The quantitative estimate of drug-likeness (QED) is 0.178. The van der Waals surface area contributed by atoms with Gasteiger partial charge in [-0.25, -0.2) is 0 Å². The second kappa shape index (κ2) is 14.1. The van der Waals surface area contributed by atoms with E-state index in [2.05, 4.69) is 41.5 Å². The molecule has 0 spiro atoms. The topological polar surface area (TPSA) is 112 Å². The summed E-state index contributed by atoms with van der Waals surface area (Å²) in [7, 11) is 0. The van der Waals surface area contributed by atoms with Crippen molar-refractivity contribution in [1.82, 2.24) is 0 Å². The average Bonchev–Trinajstić information content (AvgIpc) is 2.88. The number of phenolic OH excluding ortho intramolecular Hbond substituents is 2. The van der Waals surface area contributed by atoms with Crippen molar-refractivity contribution in [3.8, 4) is 11.5 Å². The van der Waals surface area contributed by atoms with Crippen LogP contribution in [0.3, 0.4) is 0 Å². The lowest BCUT2D eigenvalue weighted by atomic mass is 9.82. The van der Waals surface area contributed by atoms with Crippen LogP contribution in [0.2, 0.25) is 0 Å². The Balaban J connectivity index is 1.80. The zero-order valence-corrected chi connectivity index (χ0v) is 27.1. The van der Waals surface area contributed by atoms with Crippen molar-refractivity contribution in [2.24, 2.45) is 0 Å². The van der Waals surface area contributed by atoms with E-state index in [0.717, 1.165) is 11.1 Å². The molecule has 0 aliphatic rings. The van der Waals surface area contributed by atoms with E-state index < -0.39 is 11.2 Å². The fraction of sp³-hybridized carbons (Fsp3) is 0.588. The lowest BCUT2D eigenvalue weighted by molar-refractivity contribution is -0.0687. The second-order valence-corrected chi connectivity index (χ2v) is 13.6. The van der Waals surface area contributed by atoms with Gasteiger partial charge in [-0.15, -0.1) is 0 Å². The molecule has 0 aliphatic heterocycles. The van der Waals surface area contributed by atoms with Gasteiger partial charge in [-0.05, 0) is 73.9 Å². The Morgan fingerprint density at radius 2 is 0.857 bits per heavy atom. The number of aromatic hydroxyl groups is 2. The Morgan fingerprint density at radius 3 is 1.14 bits per heavy atom. The zero-order valence-electron chi connectivity index (χ0n) is 27.1. The molecule has 8 nitrogen and oxygen atoms in total. The fourth-order valence-electron chi connectivity index (χ4n) is 4.47. The van der Waals surface area contributed by atoms with E-state index in [-0.39, 0.29) is 33.5 Å². The molecule has 2 aromatic rings. The summed E-state index contributed by atoms with van der Waals surface area (Å²) in [5.74, 6) is -0.131. The van der Waals surface area contributed by atoms with Crippen LogP contribution < -0.4 is 0 Å². The maximum absolute atomic E-state index is 11.5. The van der Waals surface area contributed by atoms with E-state index in [0.29, 0.717) is 63.3 Å². The van der Waals surface area contributed by atoms with Crippen LogP contribution in [-0.4, -0.2) is 62.4 Å². The zero-order chi connectivity index (χ0) is 31.9. The molecule has 0 radical (unpaired) electrons. The standard InChI is InChI=1S/C34H50O8/c1-31(2,3)25-17-23(21-35)29(37)27(19-25)33(7,8)41-15-13-39-11-12-40-14-16-42-34(9,10)28-20-26(32(4,5)6)18-24(22-36)30(28)38/h17-22,37-38H,11-16H2,1-10H3. The van der Waals surface area contributed by atoms with Gasteiger partial charge in [-0.2, -0.15) is 0 Å². The van der Waals surface area contributed by atoms with Crippen molar-refractivity contribution in [2.75, 3.05) is 39.6 Å². The largest absolute Gasteiger partial charge is 0.507 e. The minimum Gasteiger partial charge on any atom is -0.507 e. The number of carbonyl (C=O) groups excluding carboxylic acids is 2. The van der Waals surface area contributed by atoms with Crippen molar-refractivity contribution in [3.05, 3.63) is 57.6 Å². The molecule has 0 fully saturated rings. The van der Waals surface area contributed by atoms with Crippen LogP contribution in [0.4, 0.5) is 0 Å². The molecule has 0 heterocycles. The Morgan fingerprint density at radius 1 is 0.548 bits per heavy atom. The first-order chi connectivity index (χ1) is 19.3. The first-order valence-corrected chi connectivity index (χ1v) is 14.4. The third-order valence-corrected chi connectivity index (χ3v) is 7.32. The molecule has 0 aliphatic carbocycles. The van der Waals surface area contributed by atoms with Gasteiger partial charge >= 0.3 is 0 Å². The fourth-order valence-corrected chi connectivity index (χ4v) is 4.47. The lowest BCUT2D eigenvalue weighted by Crippen LogP contribution is -2.26. The van der Waals surface area contributed by atoms with E-state index in [9.17, 15) is 19.8 Å². The molecule has 8 heteroatoms. The first kappa shape index (κ1) is 35.4. The molecular weight excluding hydrogens is 536 g/mol. The summed E-state index contributed by atoms with van der Waals surface area (Å²) < 4.78 is 23.4. The molecule has 0 aromatic heterocycles. The van der Waals surface area contributed by atoms with Crippen LogP contribution in [0, 0.1) is 0 Å². The molecular formula is C34H50O8. The van der Waals surface area contributed by atoms with Gasteiger partial charge in [0.05, 0.1) is 62.0 Å². The van der Waals surface area contributed by atoms with Gasteiger partial charge in [0, 0.05) is 11.1 Å². The third-order valence-electron chi connectivity index (χ3n) is 7.32. The lowest BCUT2D eigenvalue weighted by Gasteiger charge is -2.30. The molecule has 0 saturated carbocycles. The van der Waals surface area contributed by atoms with E-state index >= 15 is 0 Å². The highest BCUT2D eigenvalue weighted by Gasteiger charge is 2.30. The normalized spacial score (nSPS) is 12.9. The maximum Gasteiger partial charge on any atom is 0.153 e. The smallest absolute Gasteiger partial charge is 0.153 e. The molecule has 0 saturated heterocycles. The van der Waals surface area contributed by atoms with E-state index in [1.807, 2.05) is 39.8 Å². The summed E-state index contributed by atoms with van der Waals surface area (Å²) in [5.41, 5.74) is 1.44. The van der Waals surface area contributed by atoms with Crippen LogP contribution >= 0.6 is 0 Å². The molecule has 234 valence electrons. The molecule has 0 atom stereocenters. The molecule has 2 rings (SSSR count). The summed E-state index contributed by atoms with van der Waals surface area (Å²) in [5, 5.41) is 21.3. The Kier molecular flexibility index (Phi) is 11.9. The Hall–Kier alpha value is -2.78. The number of carbonyl (C=O) groups is 2. The predicted molar refractivity (Wildman–Crippen MR) is 164 cm³/mol. The summed E-state index contributed by atoms with van der Waals surface area (Å²) in [6, 6.07) is 7.22. The Labute approximate surface area is 251 Å². The summed E-state index contributed by atoms with van der Waals surface area (Å²) in [4.78, 5) is 23.1. The van der Waals surface area contributed by atoms with E-state index in [1.165, 1.54) is 0 Å². The van der Waals surface area contributed by atoms with E-state index in [1.54, 1.807) is 12.1 Å². The first-order valence-electron chi connectivity index (χ1n) is 14.4. The van der Waals surface area contributed by atoms with Gasteiger partial charge in [0.1, 0.15) is 11.5 Å². The van der Waals surface area contributed by atoms with Crippen LogP contribution in [-0.2, 0) is 41.0 Å². The predicted octanol–water partition coefficient (Wildman–Crippen LogP) is 6.55. The highest BCUT2D eigenvalue weighted by Crippen LogP contribution is 2.39. The van der Waals surface area contributed by atoms with Crippen molar-refractivity contribution in [3.63, 3.8) is 0 Å². The summed E-state index contributed by atoms with van der Waals surface area (Å²) in [6.07, 6.45) is 1.33. The van der Waals surface area contributed by atoms with Crippen molar-refractivity contribution in [1.29, 1.82) is 0 Å². The number of phenols is 2. The van der Waals surface area contributed by atoms with E-state index in [4.69, 9.17) is 18.9 Å². The van der Waals surface area contributed by atoms with Gasteiger partial charge in [0.25, 0.3) is 0 Å². The molecule has 0 amide bonds. The monoisotopic (exact) mass is 586 g/mol. The highest BCUT2D eigenvalue weighted by atomic mass is 16.6. The van der Waals surface area contributed by atoms with Crippen LogP contribution in [0.15, 0.2) is 24.3 Å². The average molecular weight is 587 g/mol. The molecule has 2 aromatic carbocycles. The van der Waals surface area contributed by atoms with Crippen LogP contribution in [0.25, 0.3) is 0 Å². The Bertz CT molecular complexity index is 1120.